The summed E-state index contributed by atoms with van der Waals surface area (Å²) in [4.78, 5) is 16.4. The lowest BCUT2D eigenvalue weighted by Crippen LogP contribution is -2.48. The van der Waals surface area contributed by atoms with Crippen LogP contribution >= 0.6 is 0 Å². The highest BCUT2D eigenvalue weighted by atomic mass is 16.2. The summed E-state index contributed by atoms with van der Waals surface area (Å²) in [5, 5.41) is 3.38. The summed E-state index contributed by atoms with van der Waals surface area (Å²) >= 11 is 0. The fraction of sp³-hybridized carbons (Fsp3) is 0.929. The summed E-state index contributed by atoms with van der Waals surface area (Å²) in [6.07, 6.45) is 3.44. The van der Waals surface area contributed by atoms with Crippen molar-refractivity contribution in [2.45, 2.75) is 52.1 Å². The predicted molar refractivity (Wildman–Crippen MR) is 75.7 cm³/mol. The summed E-state index contributed by atoms with van der Waals surface area (Å²) < 4.78 is 0. The van der Waals surface area contributed by atoms with Crippen LogP contribution in [0.1, 0.15) is 40.0 Å². The monoisotopic (exact) mass is 255 g/mol. The first-order chi connectivity index (χ1) is 8.56. The van der Waals surface area contributed by atoms with Gasteiger partial charge in [0.15, 0.2) is 0 Å². The largest absolute Gasteiger partial charge is 0.342 e. The Labute approximate surface area is 112 Å². The highest BCUT2D eigenvalue weighted by Gasteiger charge is 2.23. The number of rotatable bonds is 6. The molecule has 1 amide bonds. The van der Waals surface area contributed by atoms with E-state index in [2.05, 4.69) is 31.0 Å². The van der Waals surface area contributed by atoms with Crippen LogP contribution in [0.5, 0.6) is 0 Å². The third kappa shape index (κ3) is 4.58. The van der Waals surface area contributed by atoms with Gasteiger partial charge in [-0.15, -0.1) is 0 Å². The molecular weight excluding hydrogens is 226 g/mol. The van der Waals surface area contributed by atoms with Crippen LogP contribution in [0, 0.1) is 0 Å². The van der Waals surface area contributed by atoms with Crippen LogP contribution in [0.3, 0.4) is 0 Å². The van der Waals surface area contributed by atoms with Crippen molar-refractivity contribution in [1.29, 1.82) is 0 Å². The van der Waals surface area contributed by atoms with Crippen LogP contribution in [0.4, 0.5) is 0 Å². The molecule has 0 radical (unpaired) electrons. The smallest absolute Gasteiger partial charge is 0.236 e. The minimum atomic E-state index is 0.247. The van der Waals surface area contributed by atoms with Crippen molar-refractivity contribution in [2.24, 2.45) is 0 Å². The lowest BCUT2D eigenvalue weighted by Gasteiger charge is -2.35. The van der Waals surface area contributed by atoms with Gasteiger partial charge < -0.3 is 10.2 Å². The van der Waals surface area contributed by atoms with Gasteiger partial charge in [0.1, 0.15) is 0 Å². The molecule has 106 valence electrons. The molecule has 0 spiro atoms. The van der Waals surface area contributed by atoms with Gasteiger partial charge in [0.05, 0.1) is 6.54 Å². The van der Waals surface area contributed by atoms with Gasteiger partial charge in [-0.25, -0.2) is 0 Å². The molecule has 0 aromatic rings. The van der Waals surface area contributed by atoms with E-state index in [-0.39, 0.29) is 11.9 Å². The zero-order valence-electron chi connectivity index (χ0n) is 12.4. The van der Waals surface area contributed by atoms with E-state index in [1.807, 2.05) is 11.9 Å². The van der Waals surface area contributed by atoms with E-state index in [0.29, 0.717) is 12.6 Å². The second kappa shape index (κ2) is 7.74. The highest BCUT2D eigenvalue weighted by molar-refractivity contribution is 5.78. The number of nitrogens with one attached hydrogen (secondary N) is 1. The van der Waals surface area contributed by atoms with E-state index in [4.69, 9.17) is 0 Å². The molecule has 0 bridgehead atoms. The number of likely N-dealkylation sites (N-methyl/N-ethyl adjacent to an activating group) is 1. The fourth-order valence-corrected chi connectivity index (χ4v) is 2.42. The molecular formula is C14H29N3O. The number of hydrogen-bond donors (Lipinski definition) is 1. The zero-order valence-corrected chi connectivity index (χ0v) is 12.4. The van der Waals surface area contributed by atoms with Crippen LogP contribution in [-0.4, -0.2) is 61.0 Å². The average Bonchev–Trinajstić information content (AvgIpc) is 2.38. The standard InChI is InChI=1S/C14H29N3O/c1-5-10-17(13-6-8-15-9-7-13)11-14(18)16(4)12(2)3/h12-13,15H,5-11H2,1-4H3. The van der Waals surface area contributed by atoms with Crippen molar-refractivity contribution in [3.63, 3.8) is 0 Å². The van der Waals surface area contributed by atoms with Gasteiger partial charge in [0.2, 0.25) is 5.91 Å². The van der Waals surface area contributed by atoms with Crippen LogP contribution < -0.4 is 5.32 Å². The maximum atomic E-state index is 12.2. The molecule has 0 atom stereocenters. The molecule has 1 rings (SSSR count). The Bertz CT molecular complexity index is 249. The molecule has 0 saturated carbocycles. The van der Waals surface area contributed by atoms with Crippen molar-refractivity contribution < 1.29 is 4.79 Å². The van der Waals surface area contributed by atoms with Gasteiger partial charge in [-0.3, -0.25) is 9.69 Å². The Morgan fingerprint density at radius 3 is 2.44 bits per heavy atom. The van der Waals surface area contributed by atoms with Crippen molar-refractivity contribution in [2.75, 3.05) is 33.2 Å². The molecule has 1 aliphatic heterocycles. The zero-order chi connectivity index (χ0) is 13.5. The summed E-state index contributed by atoms with van der Waals surface area (Å²) in [6, 6.07) is 0.865. The van der Waals surface area contributed by atoms with Crippen molar-refractivity contribution in [1.82, 2.24) is 15.1 Å². The van der Waals surface area contributed by atoms with E-state index in [1.54, 1.807) is 0 Å². The second-order valence-corrected chi connectivity index (χ2v) is 5.55. The molecule has 18 heavy (non-hydrogen) atoms. The number of hydrogen-bond acceptors (Lipinski definition) is 3. The van der Waals surface area contributed by atoms with Crippen LogP contribution in [0.25, 0.3) is 0 Å². The Morgan fingerprint density at radius 1 is 1.33 bits per heavy atom. The number of piperidine rings is 1. The lowest BCUT2D eigenvalue weighted by atomic mass is 10.0. The summed E-state index contributed by atoms with van der Waals surface area (Å²) in [6.45, 7) is 10.1. The molecule has 4 nitrogen and oxygen atoms in total. The van der Waals surface area contributed by atoms with Gasteiger partial charge in [0.25, 0.3) is 0 Å². The van der Waals surface area contributed by atoms with E-state index in [0.717, 1.165) is 26.1 Å². The average molecular weight is 255 g/mol. The topological polar surface area (TPSA) is 35.6 Å². The number of carbonyl (C=O) groups is 1. The van der Waals surface area contributed by atoms with Crippen LogP contribution in [0.2, 0.25) is 0 Å². The first-order valence-corrected chi connectivity index (χ1v) is 7.26. The summed E-state index contributed by atoms with van der Waals surface area (Å²) in [7, 11) is 1.90. The van der Waals surface area contributed by atoms with Crippen LogP contribution in [0.15, 0.2) is 0 Å². The van der Waals surface area contributed by atoms with Crippen molar-refractivity contribution in [3.05, 3.63) is 0 Å². The van der Waals surface area contributed by atoms with E-state index in [9.17, 15) is 4.79 Å². The number of nitrogens with zero attached hydrogens (tertiary/aromatic N) is 2. The van der Waals surface area contributed by atoms with E-state index < -0.39 is 0 Å². The minimum absolute atomic E-state index is 0.247. The molecule has 1 aliphatic rings. The molecule has 1 saturated heterocycles. The SMILES string of the molecule is CCCN(CC(=O)N(C)C(C)C)C1CCNCC1. The molecule has 0 aliphatic carbocycles. The minimum Gasteiger partial charge on any atom is -0.342 e. The first kappa shape index (κ1) is 15.4. The van der Waals surface area contributed by atoms with Crippen LogP contribution in [-0.2, 0) is 4.79 Å². The summed E-state index contributed by atoms with van der Waals surface area (Å²) in [5.41, 5.74) is 0. The molecule has 4 heteroatoms. The fourth-order valence-electron chi connectivity index (χ4n) is 2.42. The third-order valence-corrected chi connectivity index (χ3v) is 3.84. The van der Waals surface area contributed by atoms with Gasteiger partial charge in [-0.05, 0) is 52.7 Å². The second-order valence-electron chi connectivity index (χ2n) is 5.55. The third-order valence-electron chi connectivity index (χ3n) is 3.84. The molecule has 1 fully saturated rings. The van der Waals surface area contributed by atoms with Gasteiger partial charge >= 0.3 is 0 Å². The molecule has 1 heterocycles. The number of carbonyl (C=O) groups excluding carboxylic acids is 1. The maximum Gasteiger partial charge on any atom is 0.236 e. The Morgan fingerprint density at radius 2 is 1.94 bits per heavy atom. The van der Waals surface area contributed by atoms with E-state index >= 15 is 0 Å². The van der Waals surface area contributed by atoms with Crippen molar-refractivity contribution >= 4 is 5.91 Å². The molecule has 0 unspecified atom stereocenters. The maximum absolute atomic E-state index is 12.2. The Balaban J connectivity index is 2.53. The molecule has 0 aromatic carbocycles. The normalized spacial score (nSPS) is 17.4. The molecule has 1 N–H and O–H groups in total. The summed E-state index contributed by atoms with van der Waals surface area (Å²) in [5.74, 6) is 0.247. The predicted octanol–water partition coefficient (Wildman–Crippen LogP) is 1.32. The highest BCUT2D eigenvalue weighted by Crippen LogP contribution is 2.13. The van der Waals surface area contributed by atoms with Crippen molar-refractivity contribution in [3.8, 4) is 0 Å². The van der Waals surface area contributed by atoms with Gasteiger partial charge in [-0.1, -0.05) is 6.92 Å². The quantitative estimate of drug-likeness (QED) is 0.777. The van der Waals surface area contributed by atoms with Gasteiger partial charge in [0, 0.05) is 19.1 Å². The molecule has 0 aromatic heterocycles. The Hall–Kier alpha value is -0.610. The lowest BCUT2D eigenvalue weighted by molar-refractivity contribution is -0.133. The Kier molecular flexibility index (Phi) is 6.65. The first-order valence-electron chi connectivity index (χ1n) is 7.26. The number of amides is 1. The van der Waals surface area contributed by atoms with E-state index in [1.165, 1.54) is 12.8 Å². The van der Waals surface area contributed by atoms with Gasteiger partial charge in [-0.2, -0.15) is 0 Å².